The molecule has 1 aromatic rings. The molecule has 1 aromatic carbocycles. The molecule has 0 spiro atoms. The summed E-state index contributed by atoms with van der Waals surface area (Å²) in [7, 11) is 0. The van der Waals surface area contributed by atoms with Crippen molar-refractivity contribution in [2.24, 2.45) is 16.3 Å². The molecule has 0 radical (unpaired) electrons. The average molecular weight is 347 g/mol. The Morgan fingerprint density at radius 1 is 1.40 bits per heavy atom. The van der Waals surface area contributed by atoms with Crippen LogP contribution in [0.15, 0.2) is 27.8 Å². The zero-order valence-corrected chi connectivity index (χ0v) is 13.3. The van der Waals surface area contributed by atoms with Gasteiger partial charge in [-0.15, -0.1) is 0 Å². The summed E-state index contributed by atoms with van der Waals surface area (Å²) in [5.74, 6) is 0.405. The number of rotatable bonds is 7. The van der Waals surface area contributed by atoms with E-state index in [1.807, 2.05) is 13.8 Å². The summed E-state index contributed by atoms with van der Waals surface area (Å²) in [5.41, 5.74) is 5.28. The van der Waals surface area contributed by atoms with Gasteiger partial charge in [-0.1, -0.05) is 34.9 Å². The van der Waals surface area contributed by atoms with Crippen molar-refractivity contribution in [3.63, 3.8) is 0 Å². The van der Waals surface area contributed by atoms with Crippen LogP contribution in [0, 0.1) is 11.2 Å². The smallest absolute Gasteiger partial charge is 0.144 e. The molecule has 4 nitrogen and oxygen atoms in total. The molecule has 0 unspecified atom stereocenters. The first-order valence-electron chi connectivity index (χ1n) is 6.42. The van der Waals surface area contributed by atoms with E-state index in [9.17, 15) is 4.39 Å². The number of hydrogen-bond acceptors (Lipinski definition) is 3. The third-order valence-electron chi connectivity index (χ3n) is 3.10. The summed E-state index contributed by atoms with van der Waals surface area (Å²) in [6.07, 6.45) is 2.48. The first-order valence-corrected chi connectivity index (χ1v) is 7.21. The quantitative estimate of drug-likeness (QED) is 0.258. The minimum Gasteiger partial charge on any atom is -0.493 e. The SMILES string of the molecule is CC(C)(CCCCOc1cc(F)cc(Br)c1)/C(N)=N/O. The molecule has 0 aliphatic rings. The van der Waals surface area contributed by atoms with Gasteiger partial charge in [-0.25, -0.2) is 4.39 Å². The zero-order valence-electron chi connectivity index (χ0n) is 11.7. The number of benzene rings is 1. The van der Waals surface area contributed by atoms with Crippen molar-refractivity contribution in [3.05, 3.63) is 28.5 Å². The molecule has 0 saturated heterocycles. The van der Waals surface area contributed by atoms with E-state index in [-0.39, 0.29) is 17.1 Å². The third-order valence-corrected chi connectivity index (χ3v) is 3.56. The standard InChI is InChI=1S/C14H20BrFN2O2/c1-14(2,13(17)18-19)5-3-4-6-20-12-8-10(15)7-11(16)9-12/h7-9,19H,3-6H2,1-2H3,(H2,17,18). The van der Waals surface area contributed by atoms with Crippen molar-refractivity contribution >= 4 is 21.8 Å². The van der Waals surface area contributed by atoms with E-state index in [2.05, 4.69) is 21.1 Å². The number of nitrogens with two attached hydrogens (primary N) is 1. The predicted octanol–water partition coefficient (Wildman–Crippen LogP) is 3.91. The molecule has 0 aromatic heterocycles. The molecule has 0 aliphatic heterocycles. The molecule has 3 N–H and O–H groups in total. The van der Waals surface area contributed by atoms with Gasteiger partial charge in [0.1, 0.15) is 17.4 Å². The molecule has 0 heterocycles. The number of nitrogens with zero attached hydrogens (tertiary/aromatic N) is 1. The highest BCUT2D eigenvalue weighted by atomic mass is 79.9. The molecule has 0 aliphatic carbocycles. The highest BCUT2D eigenvalue weighted by molar-refractivity contribution is 9.10. The monoisotopic (exact) mass is 346 g/mol. The minimum absolute atomic E-state index is 0.229. The Morgan fingerprint density at radius 2 is 2.10 bits per heavy atom. The lowest BCUT2D eigenvalue weighted by Gasteiger charge is -2.22. The molecular weight excluding hydrogens is 327 g/mol. The van der Waals surface area contributed by atoms with Gasteiger partial charge in [0.25, 0.3) is 0 Å². The van der Waals surface area contributed by atoms with Gasteiger partial charge in [-0.2, -0.15) is 0 Å². The lowest BCUT2D eigenvalue weighted by molar-refractivity contribution is 0.287. The van der Waals surface area contributed by atoms with E-state index in [4.69, 9.17) is 15.7 Å². The van der Waals surface area contributed by atoms with Crippen LogP contribution < -0.4 is 10.5 Å². The Kier molecular flexibility index (Phi) is 6.26. The van der Waals surface area contributed by atoms with E-state index < -0.39 is 0 Å². The molecule has 6 heteroatoms. The van der Waals surface area contributed by atoms with Gasteiger partial charge in [0.2, 0.25) is 0 Å². The molecule has 0 saturated carbocycles. The topological polar surface area (TPSA) is 67.8 Å². The number of halogens is 2. The first kappa shape index (κ1) is 16.8. The van der Waals surface area contributed by atoms with Crippen molar-refractivity contribution < 1.29 is 14.3 Å². The predicted molar refractivity (Wildman–Crippen MR) is 80.6 cm³/mol. The fourth-order valence-electron chi connectivity index (χ4n) is 1.73. The highest BCUT2D eigenvalue weighted by Crippen LogP contribution is 2.24. The summed E-state index contributed by atoms with van der Waals surface area (Å²) in [5, 5.41) is 11.7. The second-order valence-corrected chi connectivity index (χ2v) is 6.20. The number of amidine groups is 1. The van der Waals surface area contributed by atoms with Crippen molar-refractivity contribution in [1.29, 1.82) is 0 Å². The third kappa shape index (κ3) is 5.36. The number of unbranched alkanes of at least 4 members (excludes halogenated alkanes) is 1. The maximum absolute atomic E-state index is 13.1. The Bertz CT molecular complexity index is 458. The van der Waals surface area contributed by atoms with Crippen LogP contribution in [0.5, 0.6) is 5.75 Å². The van der Waals surface area contributed by atoms with Gasteiger partial charge in [-0.05, 0) is 31.4 Å². The van der Waals surface area contributed by atoms with Gasteiger partial charge in [0.15, 0.2) is 0 Å². The lowest BCUT2D eigenvalue weighted by atomic mass is 9.86. The van der Waals surface area contributed by atoms with Crippen molar-refractivity contribution in [2.45, 2.75) is 33.1 Å². The van der Waals surface area contributed by atoms with Crippen LogP contribution in [-0.2, 0) is 0 Å². The van der Waals surface area contributed by atoms with Gasteiger partial charge in [0, 0.05) is 16.0 Å². The largest absolute Gasteiger partial charge is 0.493 e. The summed E-state index contributed by atoms with van der Waals surface area (Å²) >= 11 is 3.21. The molecule has 20 heavy (non-hydrogen) atoms. The van der Waals surface area contributed by atoms with Crippen molar-refractivity contribution in [2.75, 3.05) is 6.61 Å². The molecule has 112 valence electrons. The second-order valence-electron chi connectivity index (χ2n) is 5.28. The Balaban J connectivity index is 2.32. The van der Waals surface area contributed by atoms with E-state index >= 15 is 0 Å². The van der Waals surface area contributed by atoms with Crippen LogP contribution in [-0.4, -0.2) is 17.6 Å². The van der Waals surface area contributed by atoms with Gasteiger partial charge >= 0.3 is 0 Å². The maximum atomic E-state index is 13.1. The summed E-state index contributed by atoms with van der Waals surface area (Å²) < 4.78 is 19.3. The summed E-state index contributed by atoms with van der Waals surface area (Å²) in [6.45, 7) is 4.35. The molecule has 1 rings (SSSR count). The van der Waals surface area contributed by atoms with E-state index in [1.54, 1.807) is 6.07 Å². The number of oxime groups is 1. The Hall–Kier alpha value is -1.30. The second kappa shape index (κ2) is 7.47. The summed E-state index contributed by atoms with van der Waals surface area (Å²) in [4.78, 5) is 0. The van der Waals surface area contributed by atoms with E-state index in [1.165, 1.54) is 12.1 Å². The van der Waals surface area contributed by atoms with Crippen LogP contribution >= 0.6 is 15.9 Å². The van der Waals surface area contributed by atoms with Crippen molar-refractivity contribution in [3.8, 4) is 5.75 Å². The van der Waals surface area contributed by atoms with Gasteiger partial charge in [-0.3, -0.25) is 0 Å². The van der Waals surface area contributed by atoms with Crippen LogP contribution in [0.2, 0.25) is 0 Å². The number of hydrogen-bond donors (Lipinski definition) is 2. The van der Waals surface area contributed by atoms with Crippen LogP contribution in [0.4, 0.5) is 4.39 Å². The fraction of sp³-hybridized carbons (Fsp3) is 0.500. The summed E-state index contributed by atoms with van der Waals surface area (Å²) in [6, 6.07) is 4.46. The highest BCUT2D eigenvalue weighted by Gasteiger charge is 2.22. The van der Waals surface area contributed by atoms with Crippen molar-refractivity contribution in [1.82, 2.24) is 0 Å². The number of ether oxygens (including phenoxy) is 1. The van der Waals surface area contributed by atoms with Crippen LogP contribution in [0.3, 0.4) is 0 Å². The maximum Gasteiger partial charge on any atom is 0.144 e. The van der Waals surface area contributed by atoms with Crippen LogP contribution in [0.25, 0.3) is 0 Å². The first-order chi connectivity index (χ1) is 9.35. The molecule has 0 amide bonds. The zero-order chi connectivity index (χ0) is 15.2. The Morgan fingerprint density at radius 3 is 2.70 bits per heavy atom. The van der Waals surface area contributed by atoms with Crippen LogP contribution in [0.1, 0.15) is 33.1 Å². The van der Waals surface area contributed by atoms with E-state index in [0.29, 0.717) is 16.8 Å². The lowest BCUT2D eigenvalue weighted by Crippen LogP contribution is -2.31. The van der Waals surface area contributed by atoms with E-state index in [0.717, 1.165) is 19.3 Å². The fourth-order valence-corrected chi connectivity index (χ4v) is 2.18. The normalized spacial score (nSPS) is 12.5. The minimum atomic E-state index is -0.337. The Labute approximate surface area is 126 Å². The molecule has 0 atom stereocenters. The molecule has 0 fully saturated rings. The van der Waals surface area contributed by atoms with Gasteiger partial charge in [0.05, 0.1) is 6.61 Å². The van der Waals surface area contributed by atoms with Gasteiger partial charge < -0.3 is 15.7 Å². The average Bonchev–Trinajstić information content (AvgIpc) is 2.36. The molecule has 0 bridgehead atoms. The molecular formula is C14H20BrFN2O2.